The van der Waals surface area contributed by atoms with Gasteiger partial charge in [0, 0.05) is 25.7 Å². The van der Waals surface area contributed by atoms with Gasteiger partial charge in [-0.1, -0.05) is 18.6 Å². The number of nitrogens with one attached hydrogen (secondary N) is 1. The Balaban J connectivity index is 1.48. The molecule has 5 nitrogen and oxygen atoms in total. The fourth-order valence-corrected chi connectivity index (χ4v) is 6.62. The summed E-state index contributed by atoms with van der Waals surface area (Å²) in [7, 11) is -1.62. The molecule has 3 aliphatic heterocycles. The lowest BCUT2D eigenvalue weighted by Gasteiger charge is -2.34. The molecule has 144 valence electrons. The van der Waals surface area contributed by atoms with E-state index in [-0.39, 0.29) is 5.25 Å². The number of fused-ring (bicyclic) bond motifs is 1. The van der Waals surface area contributed by atoms with Crippen molar-refractivity contribution in [2.75, 3.05) is 31.0 Å². The van der Waals surface area contributed by atoms with Crippen LogP contribution in [-0.4, -0.2) is 51.3 Å². The molecular formula is C20H31N3O2S. The molecule has 4 rings (SSSR count). The summed E-state index contributed by atoms with van der Waals surface area (Å²) in [5.41, 5.74) is 2.11. The molecule has 0 aliphatic carbocycles. The third-order valence-electron chi connectivity index (χ3n) is 6.54. The third-order valence-corrected chi connectivity index (χ3v) is 8.76. The Morgan fingerprint density at radius 3 is 2.58 bits per heavy atom. The first-order valence-corrected chi connectivity index (χ1v) is 11.6. The molecule has 3 heterocycles. The Hall–Kier alpha value is -1.11. The first kappa shape index (κ1) is 18.3. The quantitative estimate of drug-likeness (QED) is 0.877. The molecule has 6 heteroatoms. The lowest BCUT2D eigenvalue weighted by Crippen LogP contribution is -2.45. The Bertz CT molecular complexity index is 713. The van der Waals surface area contributed by atoms with Crippen LogP contribution in [0.2, 0.25) is 0 Å². The summed E-state index contributed by atoms with van der Waals surface area (Å²) in [4.78, 5) is 2.67. The zero-order chi connectivity index (χ0) is 18.1. The van der Waals surface area contributed by atoms with E-state index in [1.807, 2.05) is 12.1 Å². The lowest BCUT2D eigenvalue weighted by atomic mass is 10.0. The molecule has 1 aromatic rings. The van der Waals surface area contributed by atoms with Crippen LogP contribution in [0.25, 0.3) is 0 Å². The Morgan fingerprint density at radius 2 is 1.85 bits per heavy atom. The molecule has 2 unspecified atom stereocenters. The summed E-state index contributed by atoms with van der Waals surface area (Å²) in [5, 5.41) is 2.89. The van der Waals surface area contributed by atoms with Crippen molar-refractivity contribution in [3.8, 4) is 0 Å². The SMILES string of the molecule is CN(c1ccc(C2CCC3CCCCN32)cc1)S(=O)(=O)[C@H]1CCCNC1. The van der Waals surface area contributed by atoms with Crippen LogP contribution >= 0.6 is 0 Å². The topological polar surface area (TPSA) is 52.7 Å². The maximum atomic E-state index is 12.9. The lowest BCUT2D eigenvalue weighted by molar-refractivity contribution is 0.150. The standard InChI is InChI=1S/C20H31N3O2S/c1-22(26(24,25)19-6-4-13-21-15-19)17-9-7-16(8-10-17)20-12-11-18-5-2-3-14-23(18)20/h7-10,18-21H,2-6,11-15H2,1H3/t18?,19-,20?/m0/s1. The van der Waals surface area contributed by atoms with Crippen LogP contribution < -0.4 is 9.62 Å². The van der Waals surface area contributed by atoms with E-state index in [2.05, 4.69) is 22.3 Å². The van der Waals surface area contributed by atoms with Crippen LogP contribution in [0.5, 0.6) is 0 Å². The molecule has 3 saturated heterocycles. The predicted octanol–water partition coefficient (Wildman–Crippen LogP) is 2.89. The molecule has 1 N–H and O–H groups in total. The number of sulfonamides is 1. The summed E-state index contributed by atoms with van der Waals surface area (Å²) < 4.78 is 27.3. The number of anilines is 1. The van der Waals surface area contributed by atoms with Crippen molar-refractivity contribution in [1.82, 2.24) is 10.2 Å². The van der Waals surface area contributed by atoms with Crippen molar-refractivity contribution < 1.29 is 8.42 Å². The summed E-state index contributed by atoms with van der Waals surface area (Å²) >= 11 is 0. The molecule has 0 amide bonds. The van der Waals surface area contributed by atoms with Crippen LogP contribution in [0.1, 0.15) is 56.6 Å². The molecule has 1 aromatic carbocycles. The van der Waals surface area contributed by atoms with Gasteiger partial charge < -0.3 is 5.32 Å². The van der Waals surface area contributed by atoms with E-state index in [4.69, 9.17) is 0 Å². The highest BCUT2D eigenvalue weighted by Gasteiger charge is 2.36. The monoisotopic (exact) mass is 377 g/mol. The van der Waals surface area contributed by atoms with Crippen LogP contribution in [0.3, 0.4) is 0 Å². The average molecular weight is 378 g/mol. The fourth-order valence-electron chi connectivity index (χ4n) is 4.97. The normalized spacial score (nSPS) is 30.1. The molecule has 0 aromatic heterocycles. The maximum absolute atomic E-state index is 12.9. The van der Waals surface area contributed by atoms with Gasteiger partial charge in [-0.2, -0.15) is 0 Å². The summed E-state index contributed by atoms with van der Waals surface area (Å²) in [5.74, 6) is 0. The highest BCUT2D eigenvalue weighted by atomic mass is 32.2. The minimum atomic E-state index is -3.31. The maximum Gasteiger partial charge on any atom is 0.239 e. The molecule has 26 heavy (non-hydrogen) atoms. The minimum Gasteiger partial charge on any atom is -0.315 e. The largest absolute Gasteiger partial charge is 0.315 e. The first-order chi connectivity index (χ1) is 12.6. The van der Waals surface area contributed by atoms with Gasteiger partial charge in [-0.05, 0) is 69.3 Å². The molecule has 0 saturated carbocycles. The van der Waals surface area contributed by atoms with Gasteiger partial charge in [-0.3, -0.25) is 9.21 Å². The van der Waals surface area contributed by atoms with Crippen molar-refractivity contribution in [3.63, 3.8) is 0 Å². The molecule has 3 atom stereocenters. The van der Waals surface area contributed by atoms with E-state index in [9.17, 15) is 8.42 Å². The highest BCUT2D eigenvalue weighted by Crippen LogP contribution is 2.40. The van der Waals surface area contributed by atoms with Gasteiger partial charge >= 0.3 is 0 Å². The van der Waals surface area contributed by atoms with Crippen LogP contribution in [-0.2, 0) is 10.0 Å². The van der Waals surface area contributed by atoms with Crippen molar-refractivity contribution >= 4 is 15.7 Å². The van der Waals surface area contributed by atoms with E-state index in [0.717, 1.165) is 31.1 Å². The number of hydrogen-bond acceptors (Lipinski definition) is 4. The second-order valence-electron chi connectivity index (χ2n) is 8.05. The van der Waals surface area contributed by atoms with Gasteiger partial charge in [-0.25, -0.2) is 8.42 Å². The van der Waals surface area contributed by atoms with E-state index in [1.54, 1.807) is 7.05 Å². The van der Waals surface area contributed by atoms with E-state index in [0.29, 0.717) is 12.6 Å². The summed E-state index contributed by atoms with van der Waals surface area (Å²) in [6, 6.07) is 9.53. The van der Waals surface area contributed by atoms with E-state index < -0.39 is 10.0 Å². The number of hydrogen-bond donors (Lipinski definition) is 1. The van der Waals surface area contributed by atoms with Gasteiger partial charge in [0.1, 0.15) is 0 Å². The van der Waals surface area contributed by atoms with Gasteiger partial charge in [0.2, 0.25) is 10.0 Å². The van der Waals surface area contributed by atoms with Crippen molar-refractivity contribution in [2.24, 2.45) is 0 Å². The van der Waals surface area contributed by atoms with Gasteiger partial charge in [-0.15, -0.1) is 0 Å². The Labute approximate surface area is 157 Å². The molecule has 0 bridgehead atoms. The molecule has 3 aliphatic rings. The number of piperidine rings is 2. The molecule has 3 fully saturated rings. The second-order valence-corrected chi connectivity index (χ2v) is 10.3. The van der Waals surface area contributed by atoms with Crippen molar-refractivity contribution in [2.45, 2.75) is 62.3 Å². The number of benzene rings is 1. The summed E-state index contributed by atoms with van der Waals surface area (Å²) in [6.45, 7) is 2.69. The number of nitrogens with zero attached hydrogens (tertiary/aromatic N) is 2. The zero-order valence-corrected chi connectivity index (χ0v) is 16.5. The molecule has 0 spiro atoms. The van der Waals surface area contributed by atoms with Gasteiger partial charge in [0.05, 0.1) is 10.9 Å². The van der Waals surface area contributed by atoms with Gasteiger partial charge in [0.25, 0.3) is 0 Å². The van der Waals surface area contributed by atoms with E-state index in [1.165, 1.54) is 48.5 Å². The third kappa shape index (κ3) is 3.39. The van der Waals surface area contributed by atoms with Crippen molar-refractivity contribution in [3.05, 3.63) is 29.8 Å². The molecular weight excluding hydrogens is 346 g/mol. The number of rotatable bonds is 4. The molecule has 0 radical (unpaired) electrons. The van der Waals surface area contributed by atoms with Crippen LogP contribution in [0, 0.1) is 0 Å². The Kier molecular flexibility index (Phi) is 5.26. The van der Waals surface area contributed by atoms with Gasteiger partial charge in [0.15, 0.2) is 0 Å². The highest BCUT2D eigenvalue weighted by molar-refractivity contribution is 7.93. The average Bonchev–Trinajstić information content (AvgIpc) is 3.12. The summed E-state index contributed by atoms with van der Waals surface area (Å²) in [6.07, 6.45) is 8.21. The first-order valence-electron chi connectivity index (χ1n) is 10.1. The fraction of sp³-hybridized carbons (Fsp3) is 0.700. The predicted molar refractivity (Wildman–Crippen MR) is 106 cm³/mol. The second kappa shape index (κ2) is 7.49. The van der Waals surface area contributed by atoms with Crippen LogP contribution in [0.4, 0.5) is 5.69 Å². The van der Waals surface area contributed by atoms with E-state index >= 15 is 0 Å². The smallest absolute Gasteiger partial charge is 0.239 e. The van der Waals surface area contributed by atoms with Crippen molar-refractivity contribution in [1.29, 1.82) is 0 Å². The minimum absolute atomic E-state index is 0.315. The van der Waals surface area contributed by atoms with Crippen LogP contribution in [0.15, 0.2) is 24.3 Å². The zero-order valence-electron chi connectivity index (χ0n) is 15.7. The Morgan fingerprint density at radius 1 is 1.04 bits per heavy atom.